The maximum Gasteiger partial charge on any atom is 0.194 e. The molecule has 1 aromatic rings. The van der Waals surface area contributed by atoms with E-state index in [1.807, 2.05) is 0 Å². The van der Waals surface area contributed by atoms with Gasteiger partial charge in [0, 0.05) is 31.7 Å². The van der Waals surface area contributed by atoms with Crippen LogP contribution in [0.3, 0.4) is 0 Å². The van der Waals surface area contributed by atoms with Gasteiger partial charge in [-0.3, -0.25) is 0 Å². The third kappa shape index (κ3) is 4.13. The van der Waals surface area contributed by atoms with Crippen LogP contribution in [0.5, 0.6) is 0 Å². The van der Waals surface area contributed by atoms with E-state index in [1.54, 1.807) is 0 Å². The van der Waals surface area contributed by atoms with Crippen LogP contribution < -0.4 is 5.32 Å². The number of hydrogen-bond acceptors (Lipinski definition) is 2. The van der Waals surface area contributed by atoms with Crippen LogP contribution in [0.1, 0.15) is 42.9 Å². The summed E-state index contributed by atoms with van der Waals surface area (Å²) in [5, 5.41) is 3.49. The zero-order valence-corrected chi connectivity index (χ0v) is 17.6. The molecular formula is C20H30IN3O. The zero-order chi connectivity index (χ0) is 16.4. The van der Waals surface area contributed by atoms with E-state index in [9.17, 15) is 0 Å². The minimum absolute atomic E-state index is 0. The third-order valence-corrected chi connectivity index (χ3v) is 5.83. The molecule has 25 heavy (non-hydrogen) atoms. The maximum atomic E-state index is 5.66. The van der Waals surface area contributed by atoms with Crippen molar-refractivity contribution in [2.24, 2.45) is 10.4 Å². The number of halogens is 1. The second-order valence-electron chi connectivity index (χ2n) is 7.60. The van der Waals surface area contributed by atoms with Crippen molar-refractivity contribution in [1.82, 2.24) is 10.2 Å². The van der Waals surface area contributed by atoms with Crippen molar-refractivity contribution in [3.63, 3.8) is 0 Å². The molecule has 0 aromatic heterocycles. The van der Waals surface area contributed by atoms with Crippen LogP contribution in [0.2, 0.25) is 0 Å². The van der Waals surface area contributed by atoms with Gasteiger partial charge in [0.2, 0.25) is 0 Å². The lowest BCUT2D eigenvalue weighted by molar-refractivity contribution is 0.156. The van der Waals surface area contributed by atoms with Crippen molar-refractivity contribution in [2.75, 3.05) is 32.8 Å². The van der Waals surface area contributed by atoms with Gasteiger partial charge in [-0.2, -0.15) is 0 Å². The third-order valence-electron chi connectivity index (χ3n) is 5.83. The molecule has 2 fully saturated rings. The number of hydrogen-bond donors (Lipinski definition) is 1. The van der Waals surface area contributed by atoms with Gasteiger partial charge in [0.25, 0.3) is 0 Å². The number of nitrogens with one attached hydrogen (secondary N) is 1. The van der Waals surface area contributed by atoms with Crippen LogP contribution in [-0.4, -0.2) is 43.7 Å². The predicted octanol–water partition coefficient (Wildman–Crippen LogP) is 3.37. The average Bonchev–Trinajstić information content (AvgIpc) is 3.33. The van der Waals surface area contributed by atoms with Gasteiger partial charge in [0.1, 0.15) is 0 Å². The lowest BCUT2D eigenvalue weighted by Crippen LogP contribution is -2.41. The molecule has 2 saturated heterocycles. The highest BCUT2D eigenvalue weighted by Crippen LogP contribution is 2.38. The molecule has 5 heteroatoms. The highest BCUT2D eigenvalue weighted by molar-refractivity contribution is 14.0. The Hall–Kier alpha value is -0.820. The van der Waals surface area contributed by atoms with Crippen molar-refractivity contribution in [3.05, 3.63) is 34.9 Å². The molecule has 2 heterocycles. The lowest BCUT2D eigenvalue weighted by atomic mass is 9.87. The number of guanidine groups is 1. The minimum Gasteiger partial charge on any atom is -0.381 e. The molecule has 1 aliphatic carbocycles. The van der Waals surface area contributed by atoms with Gasteiger partial charge in [-0.15, -0.1) is 24.0 Å². The summed E-state index contributed by atoms with van der Waals surface area (Å²) < 4.78 is 5.66. The normalized spacial score (nSPS) is 25.3. The summed E-state index contributed by atoms with van der Waals surface area (Å²) in [6, 6.07) is 6.93. The molecule has 1 atom stereocenters. The second kappa shape index (κ2) is 8.25. The number of likely N-dealkylation sites (tertiary alicyclic amines) is 1. The Kier molecular flexibility index (Phi) is 6.25. The van der Waals surface area contributed by atoms with Crippen LogP contribution in [0.4, 0.5) is 0 Å². The number of aliphatic imine (C=N–C) groups is 1. The van der Waals surface area contributed by atoms with Gasteiger partial charge in [0.05, 0.1) is 13.2 Å². The molecule has 2 aliphatic heterocycles. The Morgan fingerprint density at radius 3 is 2.96 bits per heavy atom. The van der Waals surface area contributed by atoms with E-state index < -0.39 is 0 Å². The fraction of sp³-hybridized carbons (Fsp3) is 0.650. The number of rotatable bonds is 3. The first-order chi connectivity index (χ1) is 11.8. The molecule has 0 radical (unpaired) electrons. The first-order valence-electron chi connectivity index (χ1n) is 9.50. The predicted molar refractivity (Wildman–Crippen MR) is 113 cm³/mol. The highest BCUT2D eigenvalue weighted by atomic mass is 127. The standard InChI is InChI=1S/C20H29N3O.HI/c1-2-21-19(23-10-8-20(14-23)9-11-24-15-20)22-13-16-6-7-17-4-3-5-18(17)12-16;/h6-7,12H,2-5,8-11,13-15H2,1H3,(H,21,22);1H. The first-order valence-corrected chi connectivity index (χ1v) is 9.50. The Morgan fingerprint density at radius 1 is 1.28 bits per heavy atom. The van der Waals surface area contributed by atoms with Gasteiger partial charge < -0.3 is 15.0 Å². The van der Waals surface area contributed by atoms with Crippen molar-refractivity contribution >= 4 is 29.9 Å². The Labute approximate surface area is 168 Å². The van der Waals surface area contributed by atoms with Crippen molar-refractivity contribution in [3.8, 4) is 0 Å². The molecule has 0 saturated carbocycles. The molecule has 1 spiro atoms. The van der Waals surface area contributed by atoms with Gasteiger partial charge in [-0.25, -0.2) is 4.99 Å². The quantitative estimate of drug-likeness (QED) is 0.432. The van der Waals surface area contributed by atoms with E-state index in [1.165, 1.54) is 48.8 Å². The number of aryl methyl sites for hydroxylation is 2. The lowest BCUT2D eigenvalue weighted by Gasteiger charge is -2.25. The van der Waals surface area contributed by atoms with Gasteiger partial charge in [-0.1, -0.05) is 18.2 Å². The molecular weight excluding hydrogens is 425 g/mol. The number of benzene rings is 1. The summed E-state index contributed by atoms with van der Waals surface area (Å²) >= 11 is 0. The summed E-state index contributed by atoms with van der Waals surface area (Å²) in [6.45, 7) is 7.88. The number of fused-ring (bicyclic) bond motifs is 1. The van der Waals surface area contributed by atoms with E-state index >= 15 is 0 Å². The van der Waals surface area contributed by atoms with Crippen LogP contribution in [0.25, 0.3) is 0 Å². The molecule has 1 aromatic carbocycles. The van der Waals surface area contributed by atoms with E-state index in [-0.39, 0.29) is 24.0 Å². The monoisotopic (exact) mass is 455 g/mol. The molecule has 3 aliphatic rings. The fourth-order valence-electron chi connectivity index (χ4n) is 4.40. The van der Waals surface area contributed by atoms with Crippen LogP contribution in [0, 0.1) is 5.41 Å². The first kappa shape index (κ1) is 19.0. The molecule has 4 nitrogen and oxygen atoms in total. The van der Waals surface area contributed by atoms with Crippen molar-refractivity contribution in [1.29, 1.82) is 0 Å². The fourth-order valence-corrected chi connectivity index (χ4v) is 4.40. The number of nitrogens with zero attached hydrogens (tertiary/aromatic N) is 2. The number of ether oxygens (including phenoxy) is 1. The largest absolute Gasteiger partial charge is 0.381 e. The van der Waals surface area contributed by atoms with Gasteiger partial charge >= 0.3 is 0 Å². The molecule has 1 N–H and O–H groups in total. The summed E-state index contributed by atoms with van der Waals surface area (Å²) in [4.78, 5) is 7.37. The topological polar surface area (TPSA) is 36.9 Å². The average molecular weight is 455 g/mol. The molecule has 138 valence electrons. The molecule has 4 rings (SSSR count). The maximum absolute atomic E-state index is 5.66. The molecule has 0 bridgehead atoms. The van der Waals surface area contributed by atoms with Crippen LogP contribution in [0.15, 0.2) is 23.2 Å². The minimum atomic E-state index is 0. The van der Waals surface area contributed by atoms with Crippen LogP contribution >= 0.6 is 24.0 Å². The molecule has 0 amide bonds. The summed E-state index contributed by atoms with van der Waals surface area (Å²) in [5.74, 6) is 1.07. The highest BCUT2D eigenvalue weighted by Gasteiger charge is 2.42. The van der Waals surface area contributed by atoms with Gasteiger partial charge in [-0.05, 0) is 55.7 Å². The van der Waals surface area contributed by atoms with E-state index in [0.717, 1.165) is 45.4 Å². The van der Waals surface area contributed by atoms with E-state index in [4.69, 9.17) is 9.73 Å². The van der Waals surface area contributed by atoms with Gasteiger partial charge in [0.15, 0.2) is 5.96 Å². The summed E-state index contributed by atoms with van der Waals surface area (Å²) in [6.07, 6.45) is 6.23. The van der Waals surface area contributed by atoms with Crippen molar-refractivity contribution in [2.45, 2.75) is 45.6 Å². The summed E-state index contributed by atoms with van der Waals surface area (Å²) in [7, 11) is 0. The second-order valence-corrected chi connectivity index (χ2v) is 7.60. The smallest absolute Gasteiger partial charge is 0.194 e. The Morgan fingerprint density at radius 2 is 2.16 bits per heavy atom. The zero-order valence-electron chi connectivity index (χ0n) is 15.2. The SMILES string of the molecule is CCNC(=NCc1ccc2c(c1)CCC2)N1CCC2(CCOC2)C1.I. The molecule has 1 unspecified atom stereocenters. The van der Waals surface area contributed by atoms with Crippen molar-refractivity contribution < 1.29 is 4.74 Å². The van der Waals surface area contributed by atoms with E-state index in [2.05, 4.69) is 35.3 Å². The van der Waals surface area contributed by atoms with Crippen LogP contribution in [-0.2, 0) is 24.1 Å². The van der Waals surface area contributed by atoms with E-state index in [0.29, 0.717) is 5.41 Å². The summed E-state index contributed by atoms with van der Waals surface area (Å²) in [5.41, 5.74) is 4.79. The Balaban J connectivity index is 0.00000182. The Bertz CT molecular complexity index is 625.